The SMILES string of the molecule is C=C(/C=C\C(=C)OC)CN1CC2(CCN(C(=O)OC(C)(C)C)CC2)c2[nH]c(-c3ccnc(-c4cnc(SC)nc4)n3)cc2C1=O. The van der Waals surface area contributed by atoms with Gasteiger partial charge in [0.15, 0.2) is 11.0 Å². The molecule has 45 heavy (non-hydrogen) atoms. The summed E-state index contributed by atoms with van der Waals surface area (Å²) in [5, 5.41) is 0.667. The van der Waals surface area contributed by atoms with E-state index in [1.54, 1.807) is 36.7 Å². The number of ether oxygens (including phenoxy) is 2. The van der Waals surface area contributed by atoms with Gasteiger partial charge >= 0.3 is 6.09 Å². The minimum atomic E-state index is -0.580. The molecule has 2 aliphatic rings. The van der Waals surface area contributed by atoms with E-state index in [0.29, 0.717) is 78.3 Å². The molecule has 0 bridgehead atoms. The van der Waals surface area contributed by atoms with E-state index in [0.717, 1.165) is 11.3 Å². The first-order valence-electron chi connectivity index (χ1n) is 14.7. The fourth-order valence-corrected chi connectivity index (χ4v) is 5.92. The number of likely N-dealkylation sites (tertiary alicyclic amines) is 1. The molecule has 1 spiro atoms. The van der Waals surface area contributed by atoms with Gasteiger partial charge < -0.3 is 24.3 Å². The minimum Gasteiger partial charge on any atom is -0.497 e. The number of amides is 2. The van der Waals surface area contributed by atoms with Gasteiger partial charge in [0.05, 0.1) is 29.6 Å². The summed E-state index contributed by atoms with van der Waals surface area (Å²) < 4.78 is 10.8. The Labute approximate surface area is 267 Å². The number of hydrogen-bond acceptors (Lipinski definition) is 9. The average Bonchev–Trinajstić information content (AvgIpc) is 3.49. The lowest BCUT2D eigenvalue weighted by molar-refractivity contribution is 0.0126. The van der Waals surface area contributed by atoms with Crippen molar-refractivity contribution in [2.45, 2.75) is 49.8 Å². The van der Waals surface area contributed by atoms with E-state index in [1.807, 2.05) is 50.1 Å². The number of aromatic nitrogens is 5. The molecular formula is C33H39N7O4S. The van der Waals surface area contributed by atoms with E-state index in [9.17, 15) is 9.59 Å². The monoisotopic (exact) mass is 629 g/mol. The van der Waals surface area contributed by atoms with E-state index in [4.69, 9.17) is 14.5 Å². The normalized spacial score (nSPS) is 16.2. The molecule has 1 fully saturated rings. The molecule has 0 saturated carbocycles. The Morgan fingerprint density at radius 3 is 2.51 bits per heavy atom. The quantitative estimate of drug-likeness (QED) is 0.146. The molecule has 2 aliphatic heterocycles. The van der Waals surface area contributed by atoms with E-state index in [1.165, 1.54) is 11.8 Å². The summed E-state index contributed by atoms with van der Waals surface area (Å²) in [6.07, 6.45) is 11.5. The number of nitrogens with zero attached hydrogens (tertiary/aromatic N) is 6. The molecule has 0 atom stereocenters. The van der Waals surface area contributed by atoms with Gasteiger partial charge in [0, 0.05) is 55.9 Å². The van der Waals surface area contributed by atoms with Crippen molar-refractivity contribution in [1.82, 2.24) is 34.7 Å². The highest BCUT2D eigenvalue weighted by molar-refractivity contribution is 7.98. The number of aromatic amines is 1. The minimum absolute atomic E-state index is 0.0943. The highest BCUT2D eigenvalue weighted by Gasteiger charge is 2.47. The Bertz CT molecular complexity index is 1630. The molecule has 0 unspecified atom stereocenters. The maximum absolute atomic E-state index is 14.0. The Morgan fingerprint density at radius 1 is 1.16 bits per heavy atom. The zero-order valence-electron chi connectivity index (χ0n) is 26.4. The summed E-state index contributed by atoms with van der Waals surface area (Å²) >= 11 is 1.46. The van der Waals surface area contributed by atoms with E-state index in [2.05, 4.69) is 33.1 Å². The van der Waals surface area contributed by atoms with Crippen LogP contribution in [0.3, 0.4) is 0 Å². The second-order valence-corrected chi connectivity index (χ2v) is 13.0. The van der Waals surface area contributed by atoms with E-state index in [-0.39, 0.29) is 12.0 Å². The van der Waals surface area contributed by atoms with Gasteiger partial charge in [-0.1, -0.05) is 31.0 Å². The summed E-state index contributed by atoms with van der Waals surface area (Å²) in [6, 6.07) is 3.68. The average molecular weight is 630 g/mol. The van der Waals surface area contributed by atoms with Gasteiger partial charge in [-0.25, -0.2) is 24.7 Å². The molecule has 0 aromatic carbocycles. The third-order valence-corrected chi connectivity index (χ3v) is 8.47. The summed E-state index contributed by atoms with van der Waals surface area (Å²) in [7, 11) is 1.55. The number of carbonyl (C=O) groups excluding carboxylic acids is 2. The summed E-state index contributed by atoms with van der Waals surface area (Å²) in [4.78, 5) is 51.9. The smallest absolute Gasteiger partial charge is 0.410 e. The van der Waals surface area contributed by atoms with Crippen molar-refractivity contribution in [3.8, 4) is 22.8 Å². The first-order valence-corrected chi connectivity index (χ1v) is 15.9. The topological polar surface area (TPSA) is 126 Å². The van der Waals surface area contributed by atoms with Crippen LogP contribution < -0.4 is 0 Å². The zero-order chi connectivity index (χ0) is 32.4. The Kier molecular flexibility index (Phi) is 9.15. The van der Waals surface area contributed by atoms with Crippen LogP contribution in [0.4, 0.5) is 4.79 Å². The standard InChI is InChI=1S/C33H39N7O4S/c1-21(8-9-22(2)43-6)19-40-20-33(11-14-39(15-12-33)31(42)44-32(3,4)5)27-24(29(40)41)16-26(37-27)25-10-13-34-28(38-25)23-17-35-30(45-7)36-18-23/h8-10,13,16-18,37H,1-2,11-12,14-15,19-20H2,3-7H3/b9-8-. The number of allylic oxidation sites excluding steroid dienone is 1. The van der Waals surface area contributed by atoms with Gasteiger partial charge in [0.25, 0.3) is 5.91 Å². The fourth-order valence-electron chi connectivity index (χ4n) is 5.61. The molecule has 236 valence electrons. The number of rotatable bonds is 8. The number of nitrogens with one attached hydrogen (secondary N) is 1. The van der Waals surface area contributed by atoms with Crippen molar-refractivity contribution in [1.29, 1.82) is 0 Å². The molecule has 1 N–H and O–H groups in total. The van der Waals surface area contributed by atoms with Crippen LogP contribution in [0.2, 0.25) is 0 Å². The molecule has 12 heteroatoms. The third-order valence-electron chi connectivity index (χ3n) is 7.89. The number of fused-ring (bicyclic) bond motifs is 2. The van der Waals surface area contributed by atoms with Gasteiger partial charge in [0.2, 0.25) is 0 Å². The lowest BCUT2D eigenvalue weighted by Crippen LogP contribution is -2.55. The van der Waals surface area contributed by atoms with Crippen LogP contribution in [0.25, 0.3) is 22.8 Å². The largest absolute Gasteiger partial charge is 0.497 e. The van der Waals surface area contributed by atoms with Crippen molar-refractivity contribution in [3.63, 3.8) is 0 Å². The van der Waals surface area contributed by atoms with Crippen molar-refractivity contribution < 1.29 is 19.1 Å². The number of H-pyrrole nitrogens is 1. The molecule has 3 aromatic heterocycles. The highest BCUT2D eigenvalue weighted by atomic mass is 32.2. The molecule has 0 aliphatic carbocycles. The van der Waals surface area contributed by atoms with Crippen LogP contribution in [0.15, 0.2) is 72.5 Å². The van der Waals surface area contributed by atoms with Crippen molar-refractivity contribution >= 4 is 23.8 Å². The van der Waals surface area contributed by atoms with Crippen LogP contribution in [0, 0.1) is 0 Å². The van der Waals surface area contributed by atoms with Crippen LogP contribution in [-0.2, 0) is 14.9 Å². The number of piperidine rings is 1. The van der Waals surface area contributed by atoms with Gasteiger partial charge in [-0.2, -0.15) is 0 Å². The lowest BCUT2D eigenvalue weighted by atomic mass is 9.72. The van der Waals surface area contributed by atoms with Gasteiger partial charge in [-0.05, 0) is 63.7 Å². The number of methoxy groups -OCH3 is 1. The Balaban J connectivity index is 1.47. The number of carbonyl (C=O) groups is 2. The van der Waals surface area contributed by atoms with Crippen LogP contribution in [0.5, 0.6) is 0 Å². The third kappa shape index (κ3) is 7.11. The van der Waals surface area contributed by atoms with Gasteiger partial charge in [0.1, 0.15) is 11.4 Å². The maximum Gasteiger partial charge on any atom is 0.410 e. The molecule has 2 amide bonds. The summed E-state index contributed by atoms with van der Waals surface area (Å²) in [5.74, 6) is 0.894. The molecule has 5 rings (SSSR count). The molecular weight excluding hydrogens is 590 g/mol. The highest BCUT2D eigenvalue weighted by Crippen LogP contribution is 2.43. The van der Waals surface area contributed by atoms with Crippen LogP contribution in [0.1, 0.15) is 49.7 Å². The summed E-state index contributed by atoms with van der Waals surface area (Å²) in [6.45, 7) is 15.4. The molecule has 0 radical (unpaired) electrons. The predicted molar refractivity (Wildman–Crippen MR) is 174 cm³/mol. The maximum atomic E-state index is 14.0. The summed E-state index contributed by atoms with van der Waals surface area (Å²) in [5.41, 5.74) is 3.27. The lowest BCUT2D eigenvalue weighted by Gasteiger charge is -2.47. The van der Waals surface area contributed by atoms with E-state index < -0.39 is 11.0 Å². The number of hydrogen-bond donors (Lipinski definition) is 1. The van der Waals surface area contributed by atoms with Gasteiger partial charge in [-0.15, -0.1) is 0 Å². The van der Waals surface area contributed by atoms with Crippen molar-refractivity contribution in [3.05, 3.63) is 78.6 Å². The first-order chi connectivity index (χ1) is 21.4. The molecule has 5 heterocycles. The Morgan fingerprint density at radius 2 is 1.87 bits per heavy atom. The van der Waals surface area contributed by atoms with E-state index >= 15 is 0 Å². The van der Waals surface area contributed by atoms with Crippen molar-refractivity contribution in [2.75, 3.05) is 39.5 Å². The van der Waals surface area contributed by atoms with Crippen molar-refractivity contribution in [2.24, 2.45) is 0 Å². The first kappa shape index (κ1) is 32.0. The predicted octanol–water partition coefficient (Wildman–Crippen LogP) is 5.65. The molecule has 11 nitrogen and oxygen atoms in total. The Hall–Kier alpha value is -4.45. The second-order valence-electron chi connectivity index (χ2n) is 12.3. The molecule has 3 aromatic rings. The zero-order valence-corrected chi connectivity index (χ0v) is 27.2. The molecule has 1 saturated heterocycles. The second kappa shape index (κ2) is 12.9. The fraction of sp³-hybridized carbons (Fsp3) is 0.394. The van der Waals surface area contributed by atoms with Crippen LogP contribution >= 0.6 is 11.8 Å². The van der Waals surface area contributed by atoms with Gasteiger partial charge in [-0.3, -0.25) is 4.79 Å². The van der Waals surface area contributed by atoms with Crippen LogP contribution in [-0.4, -0.2) is 91.9 Å². The number of thioether (sulfide) groups is 1.